The average molecular weight is 342 g/mol. The summed E-state index contributed by atoms with van der Waals surface area (Å²) in [5.74, 6) is -0.330. The second kappa shape index (κ2) is 7.18. The highest BCUT2D eigenvalue weighted by molar-refractivity contribution is 7.14. The predicted molar refractivity (Wildman–Crippen MR) is 92.3 cm³/mol. The molecule has 3 rings (SSSR count). The Morgan fingerprint density at radius 2 is 2.04 bits per heavy atom. The number of anilines is 1. The van der Waals surface area contributed by atoms with E-state index in [1.165, 1.54) is 23.5 Å². The van der Waals surface area contributed by atoms with E-state index in [2.05, 4.69) is 20.6 Å². The summed E-state index contributed by atoms with van der Waals surface area (Å²) in [6, 6.07) is 9.14. The first-order valence-electron chi connectivity index (χ1n) is 7.31. The zero-order valence-corrected chi connectivity index (χ0v) is 13.7. The quantitative estimate of drug-likeness (QED) is 0.746. The molecule has 2 amide bonds. The molecule has 1 atom stereocenters. The maximum Gasteiger partial charge on any atom is 0.321 e. The van der Waals surface area contributed by atoms with Gasteiger partial charge in [-0.3, -0.25) is 10.3 Å². The van der Waals surface area contributed by atoms with Crippen LogP contribution in [0.25, 0.3) is 11.3 Å². The van der Waals surface area contributed by atoms with Crippen LogP contribution in [0.2, 0.25) is 0 Å². The average Bonchev–Trinajstić information content (AvgIpc) is 3.04. The lowest BCUT2D eigenvalue weighted by molar-refractivity contribution is 0.249. The number of carbonyl (C=O) groups is 1. The summed E-state index contributed by atoms with van der Waals surface area (Å²) in [6.07, 6.45) is 3.38. The van der Waals surface area contributed by atoms with Crippen LogP contribution in [0.4, 0.5) is 14.3 Å². The van der Waals surface area contributed by atoms with E-state index in [0.717, 1.165) is 11.3 Å². The number of pyridine rings is 1. The first-order valence-corrected chi connectivity index (χ1v) is 8.18. The van der Waals surface area contributed by atoms with Crippen molar-refractivity contribution in [1.82, 2.24) is 15.3 Å². The van der Waals surface area contributed by atoms with Gasteiger partial charge in [0.05, 0.1) is 11.7 Å². The number of carbonyl (C=O) groups excluding carboxylic acids is 1. The van der Waals surface area contributed by atoms with Gasteiger partial charge < -0.3 is 5.32 Å². The summed E-state index contributed by atoms with van der Waals surface area (Å²) in [6.45, 7) is 1.79. The Kier molecular flexibility index (Phi) is 4.81. The van der Waals surface area contributed by atoms with E-state index in [1.54, 1.807) is 31.5 Å². The lowest BCUT2D eigenvalue weighted by atomic mass is 10.1. The Balaban J connectivity index is 1.62. The summed E-state index contributed by atoms with van der Waals surface area (Å²) in [5.41, 5.74) is 2.40. The smallest absolute Gasteiger partial charge is 0.321 e. The van der Waals surface area contributed by atoms with Gasteiger partial charge in [0.15, 0.2) is 5.13 Å². The van der Waals surface area contributed by atoms with E-state index >= 15 is 0 Å². The number of urea groups is 1. The van der Waals surface area contributed by atoms with Gasteiger partial charge in [0.2, 0.25) is 0 Å². The van der Waals surface area contributed by atoms with E-state index in [0.29, 0.717) is 10.7 Å². The molecular formula is C17H15FN4OS. The van der Waals surface area contributed by atoms with Gasteiger partial charge in [-0.15, -0.1) is 11.3 Å². The van der Waals surface area contributed by atoms with E-state index in [1.807, 2.05) is 17.5 Å². The van der Waals surface area contributed by atoms with Crippen LogP contribution in [0.5, 0.6) is 0 Å². The Morgan fingerprint density at radius 3 is 2.79 bits per heavy atom. The highest BCUT2D eigenvalue weighted by Gasteiger charge is 2.12. The van der Waals surface area contributed by atoms with Gasteiger partial charge in [0.25, 0.3) is 0 Å². The number of rotatable bonds is 4. The van der Waals surface area contributed by atoms with Gasteiger partial charge in [-0.05, 0) is 36.8 Å². The first kappa shape index (κ1) is 16.1. The molecule has 0 spiro atoms. The molecule has 2 heterocycles. The van der Waals surface area contributed by atoms with Crippen LogP contribution in [-0.2, 0) is 0 Å². The second-order valence-corrected chi connectivity index (χ2v) is 6.01. The van der Waals surface area contributed by atoms with Crippen LogP contribution in [0, 0.1) is 5.82 Å². The number of aromatic nitrogens is 2. The van der Waals surface area contributed by atoms with Crippen LogP contribution in [0.15, 0.2) is 54.2 Å². The molecule has 5 nitrogen and oxygen atoms in total. The molecular weight excluding hydrogens is 327 g/mol. The minimum absolute atomic E-state index is 0.319. The second-order valence-electron chi connectivity index (χ2n) is 5.15. The number of halogens is 1. The molecule has 0 aliphatic heterocycles. The third-order valence-corrected chi connectivity index (χ3v) is 4.15. The number of hydrogen-bond donors (Lipinski definition) is 2. The Bertz CT molecular complexity index is 837. The van der Waals surface area contributed by atoms with Crippen molar-refractivity contribution in [2.24, 2.45) is 0 Å². The summed E-state index contributed by atoms with van der Waals surface area (Å²) in [4.78, 5) is 20.4. The maximum atomic E-state index is 13.2. The van der Waals surface area contributed by atoms with Crippen molar-refractivity contribution in [3.8, 4) is 11.3 Å². The molecule has 0 aliphatic carbocycles. The molecule has 1 aromatic carbocycles. The largest absolute Gasteiger partial charge is 0.331 e. The molecule has 0 fully saturated rings. The molecule has 0 aliphatic rings. The standard InChI is InChI=1S/C17H15FN4OS/c1-11(13-3-2-4-14(18)9-13)20-16(23)22-17-21-15(10-24-17)12-5-7-19-8-6-12/h2-11H,1H3,(H2,20,21,22,23)/t11-/m0/s1. The Labute approximate surface area is 142 Å². The number of benzene rings is 1. The van der Waals surface area contributed by atoms with Crippen molar-refractivity contribution < 1.29 is 9.18 Å². The van der Waals surface area contributed by atoms with Gasteiger partial charge in [0, 0.05) is 23.3 Å². The number of nitrogens with one attached hydrogen (secondary N) is 2. The van der Waals surface area contributed by atoms with Crippen molar-refractivity contribution in [3.63, 3.8) is 0 Å². The molecule has 0 bridgehead atoms. The molecule has 0 saturated carbocycles. The minimum atomic E-state index is -0.387. The summed E-state index contributed by atoms with van der Waals surface area (Å²) in [5, 5.41) is 7.81. The molecule has 7 heteroatoms. The topological polar surface area (TPSA) is 66.9 Å². The van der Waals surface area contributed by atoms with Gasteiger partial charge >= 0.3 is 6.03 Å². The van der Waals surface area contributed by atoms with Gasteiger partial charge in [-0.2, -0.15) is 0 Å². The fraction of sp³-hybridized carbons (Fsp3) is 0.118. The Morgan fingerprint density at radius 1 is 1.25 bits per heavy atom. The van der Waals surface area contributed by atoms with Crippen LogP contribution >= 0.6 is 11.3 Å². The minimum Gasteiger partial charge on any atom is -0.331 e. The predicted octanol–water partition coefficient (Wildman–Crippen LogP) is 4.23. The van der Waals surface area contributed by atoms with Crippen molar-refractivity contribution >= 4 is 22.5 Å². The van der Waals surface area contributed by atoms with E-state index in [-0.39, 0.29) is 17.9 Å². The van der Waals surface area contributed by atoms with Gasteiger partial charge in [-0.25, -0.2) is 14.2 Å². The number of hydrogen-bond acceptors (Lipinski definition) is 4. The third-order valence-electron chi connectivity index (χ3n) is 3.40. The van der Waals surface area contributed by atoms with Crippen LogP contribution in [0.1, 0.15) is 18.5 Å². The number of amides is 2. The van der Waals surface area contributed by atoms with Gasteiger partial charge in [-0.1, -0.05) is 12.1 Å². The van der Waals surface area contributed by atoms with E-state index in [9.17, 15) is 9.18 Å². The fourth-order valence-corrected chi connectivity index (χ4v) is 2.89. The Hall–Kier alpha value is -2.80. The summed E-state index contributed by atoms with van der Waals surface area (Å²) >= 11 is 1.33. The molecule has 0 saturated heterocycles. The summed E-state index contributed by atoms with van der Waals surface area (Å²) in [7, 11) is 0. The molecule has 2 N–H and O–H groups in total. The molecule has 3 aromatic rings. The third kappa shape index (κ3) is 3.94. The molecule has 122 valence electrons. The lowest BCUT2D eigenvalue weighted by Gasteiger charge is -2.14. The van der Waals surface area contributed by atoms with Crippen molar-refractivity contribution in [3.05, 3.63) is 65.6 Å². The zero-order chi connectivity index (χ0) is 16.9. The highest BCUT2D eigenvalue weighted by Crippen LogP contribution is 2.24. The summed E-state index contributed by atoms with van der Waals surface area (Å²) < 4.78 is 13.2. The lowest BCUT2D eigenvalue weighted by Crippen LogP contribution is -2.31. The fourth-order valence-electron chi connectivity index (χ4n) is 2.18. The zero-order valence-electron chi connectivity index (χ0n) is 12.9. The number of nitrogens with zero attached hydrogens (tertiary/aromatic N) is 2. The van der Waals surface area contributed by atoms with Crippen LogP contribution in [-0.4, -0.2) is 16.0 Å². The van der Waals surface area contributed by atoms with E-state index < -0.39 is 0 Å². The molecule has 0 unspecified atom stereocenters. The van der Waals surface area contributed by atoms with Crippen molar-refractivity contribution in [1.29, 1.82) is 0 Å². The molecule has 24 heavy (non-hydrogen) atoms. The van der Waals surface area contributed by atoms with Crippen molar-refractivity contribution in [2.45, 2.75) is 13.0 Å². The molecule has 0 radical (unpaired) electrons. The molecule has 2 aromatic heterocycles. The maximum absolute atomic E-state index is 13.2. The monoisotopic (exact) mass is 342 g/mol. The first-order chi connectivity index (χ1) is 11.6. The van der Waals surface area contributed by atoms with E-state index in [4.69, 9.17) is 0 Å². The van der Waals surface area contributed by atoms with Crippen LogP contribution in [0.3, 0.4) is 0 Å². The SMILES string of the molecule is C[C@H](NC(=O)Nc1nc(-c2ccncc2)cs1)c1cccc(F)c1. The van der Waals surface area contributed by atoms with Crippen LogP contribution < -0.4 is 10.6 Å². The highest BCUT2D eigenvalue weighted by atomic mass is 32.1. The number of thiazole rings is 1. The van der Waals surface area contributed by atoms with Crippen molar-refractivity contribution in [2.75, 3.05) is 5.32 Å². The normalized spacial score (nSPS) is 11.8. The van der Waals surface area contributed by atoms with Gasteiger partial charge in [0.1, 0.15) is 5.82 Å².